The number of nitrogens with one attached hydrogen (secondary N) is 1. The van der Waals surface area contributed by atoms with Crippen LogP contribution in [0.25, 0.3) is 0 Å². The van der Waals surface area contributed by atoms with Gasteiger partial charge in [-0.2, -0.15) is 4.98 Å². The number of carbonyl (C=O) groups excluding carboxylic acids is 1. The van der Waals surface area contributed by atoms with Gasteiger partial charge in [-0.05, 0) is 12.1 Å². The summed E-state index contributed by atoms with van der Waals surface area (Å²) in [5.74, 6) is -0.577. The third kappa shape index (κ3) is 3.23. The minimum absolute atomic E-state index is 0.0244. The van der Waals surface area contributed by atoms with Crippen molar-refractivity contribution >= 4 is 40.5 Å². The molecule has 1 amide bonds. The summed E-state index contributed by atoms with van der Waals surface area (Å²) in [7, 11) is 1.35. The van der Waals surface area contributed by atoms with Crippen LogP contribution in [0.5, 0.6) is 5.88 Å². The third-order valence-electron chi connectivity index (χ3n) is 2.60. The number of hydrogen-bond donors (Lipinski definition) is 1. The molecule has 0 saturated carbocycles. The van der Waals surface area contributed by atoms with Gasteiger partial charge in [-0.3, -0.25) is 14.9 Å². The molecule has 1 heterocycles. The molecule has 2 aromatic rings. The molecular weight excluding hydrogens is 335 g/mol. The molecule has 10 heteroatoms. The first-order chi connectivity index (χ1) is 10.4. The van der Waals surface area contributed by atoms with Crippen molar-refractivity contribution in [3.63, 3.8) is 0 Å². The lowest BCUT2D eigenvalue weighted by Crippen LogP contribution is -2.14. The zero-order chi connectivity index (χ0) is 16.3. The Morgan fingerprint density at radius 1 is 1.36 bits per heavy atom. The Morgan fingerprint density at radius 3 is 2.73 bits per heavy atom. The summed E-state index contributed by atoms with van der Waals surface area (Å²) in [6.07, 6.45) is 1.17. The molecule has 1 aromatic heterocycles. The first-order valence-corrected chi connectivity index (χ1v) is 6.49. The number of halogens is 2. The summed E-state index contributed by atoms with van der Waals surface area (Å²) in [6, 6.07) is 3.66. The van der Waals surface area contributed by atoms with Gasteiger partial charge < -0.3 is 10.1 Å². The number of nitro groups is 1. The van der Waals surface area contributed by atoms with Crippen LogP contribution in [0.2, 0.25) is 10.2 Å². The quantitative estimate of drug-likeness (QED) is 0.519. The van der Waals surface area contributed by atoms with E-state index in [2.05, 4.69) is 15.3 Å². The number of carbonyl (C=O) groups is 1. The Kier molecular flexibility index (Phi) is 4.74. The van der Waals surface area contributed by atoms with E-state index in [0.717, 1.165) is 6.07 Å². The van der Waals surface area contributed by atoms with Gasteiger partial charge in [0.15, 0.2) is 5.15 Å². The topological polar surface area (TPSA) is 107 Å². The van der Waals surface area contributed by atoms with Gasteiger partial charge in [0.25, 0.3) is 11.6 Å². The van der Waals surface area contributed by atoms with Crippen LogP contribution < -0.4 is 10.1 Å². The van der Waals surface area contributed by atoms with Crippen molar-refractivity contribution in [2.75, 3.05) is 12.4 Å². The van der Waals surface area contributed by atoms with E-state index in [1.165, 1.54) is 25.6 Å². The molecule has 2 rings (SSSR count). The number of ether oxygens (including phenoxy) is 1. The number of anilines is 1. The van der Waals surface area contributed by atoms with Crippen LogP contribution in [-0.4, -0.2) is 27.9 Å². The van der Waals surface area contributed by atoms with E-state index in [4.69, 9.17) is 27.9 Å². The summed E-state index contributed by atoms with van der Waals surface area (Å²) < 4.78 is 4.96. The number of amides is 1. The lowest BCUT2D eigenvalue weighted by atomic mass is 10.2. The molecule has 0 aliphatic heterocycles. The van der Waals surface area contributed by atoms with E-state index in [0.29, 0.717) is 0 Å². The van der Waals surface area contributed by atoms with Crippen LogP contribution in [-0.2, 0) is 0 Å². The molecule has 0 unspecified atom stereocenters. The molecule has 0 radical (unpaired) electrons. The fraction of sp³-hybridized carbons (Fsp3) is 0.0833. The zero-order valence-electron chi connectivity index (χ0n) is 11.0. The van der Waals surface area contributed by atoms with Gasteiger partial charge in [0.1, 0.15) is 17.0 Å². The fourth-order valence-corrected chi connectivity index (χ4v) is 1.95. The van der Waals surface area contributed by atoms with Gasteiger partial charge in [0.05, 0.1) is 12.0 Å². The second-order valence-corrected chi connectivity index (χ2v) is 4.69. The minimum atomic E-state index is -0.682. The largest absolute Gasteiger partial charge is 0.479 e. The highest BCUT2D eigenvalue weighted by Crippen LogP contribution is 2.29. The Labute approximate surface area is 134 Å². The molecule has 0 atom stereocenters. The van der Waals surface area contributed by atoms with Crippen LogP contribution >= 0.6 is 23.2 Å². The minimum Gasteiger partial charge on any atom is -0.479 e. The van der Waals surface area contributed by atoms with Crippen molar-refractivity contribution in [3.8, 4) is 5.88 Å². The fourth-order valence-electron chi connectivity index (χ4n) is 1.59. The van der Waals surface area contributed by atoms with Crippen molar-refractivity contribution in [3.05, 3.63) is 50.4 Å². The van der Waals surface area contributed by atoms with E-state index in [1.807, 2.05) is 0 Å². The van der Waals surface area contributed by atoms with Gasteiger partial charge in [-0.15, -0.1) is 0 Å². The standard InChI is InChI=1S/C12H8Cl2N4O4/c1-22-12-9(10(14)15-5-16-12)17-11(19)6-2-3-7(13)8(4-6)18(20)21/h2-5H,1H3,(H,17,19). The maximum Gasteiger partial charge on any atom is 0.288 e. The number of aromatic nitrogens is 2. The highest BCUT2D eigenvalue weighted by Gasteiger charge is 2.19. The average molecular weight is 343 g/mol. The zero-order valence-corrected chi connectivity index (χ0v) is 12.6. The molecule has 0 saturated heterocycles. The monoisotopic (exact) mass is 342 g/mol. The molecule has 0 spiro atoms. The predicted molar refractivity (Wildman–Crippen MR) is 79.7 cm³/mol. The molecule has 0 fully saturated rings. The normalized spacial score (nSPS) is 10.1. The van der Waals surface area contributed by atoms with E-state index in [1.54, 1.807) is 0 Å². The van der Waals surface area contributed by atoms with Crippen LogP contribution in [0.4, 0.5) is 11.4 Å². The molecule has 0 aliphatic rings. The second-order valence-electron chi connectivity index (χ2n) is 3.93. The Hall–Kier alpha value is -2.45. The van der Waals surface area contributed by atoms with E-state index in [-0.39, 0.29) is 33.0 Å². The van der Waals surface area contributed by atoms with E-state index >= 15 is 0 Å². The van der Waals surface area contributed by atoms with Gasteiger partial charge >= 0.3 is 0 Å². The van der Waals surface area contributed by atoms with Gasteiger partial charge in [0.2, 0.25) is 5.88 Å². The molecular formula is C12H8Cl2N4O4. The highest BCUT2D eigenvalue weighted by molar-refractivity contribution is 6.33. The average Bonchev–Trinajstić information content (AvgIpc) is 2.49. The van der Waals surface area contributed by atoms with Crippen LogP contribution in [0.1, 0.15) is 10.4 Å². The van der Waals surface area contributed by atoms with E-state index < -0.39 is 10.8 Å². The first kappa shape index (κ1) is 15.9. The van der Waals surface area contributed by atoms with Crippen molar-refractivity contribution in [1.29, 1.82) is 0 Å². The Balaban J connectivity index is 2.34. The summed E-state index contributed by atoms with van der Waals surface area (Å²) in [6.45, 7) is 0. The van der Waals surface area contributed by atoms with Gasteiger partial charge in [-0.1, -0.05) is 23.2 Å². The smallest absolute Gasteiger partial charge is 0.288 e. The number of nitrogens with zero attached hydrogens (tertiary/aromatic N) is 3. The van der Waals surface area contributed by atoms with Crippen LogP contribution in [0.3, 0.4) is 0 Å². The number of rotatable bonds is 4. The molecule has 0 bridgehead atoms. The molecule has 114 valence electrons. The maximum atomic E-state index is 12.2. The molecule has 1 aromatic carbocycles. The highest BCUT2D eigenvalue weighted by atomic mass is 35.5. The third-order valence-corrected chi connectivity index (χ3v) is 3.21. The van der Waals surface area contributed by atoms with Crippen molar-refractivity contribution < 1.29 is 14.5 Å². The van der Waals surface area contributed by atoms with Crippen molar-refractivity contribution in [2.24, 2.45) is 0 Å². The number of methoxy groups -OCH3 is 1. The number of hydrogen-bond acceptors (Lipinski definition) is 6. The van der Waals surface area contributed by atoms with Crippen LogP contribution in [0, 0.1) is 10.1 Å². The maximum absolute atomic E-state index is 12.2. The summed E-state index contributed by atoms with van der Waals surface area (Å²) in [5.41, 5.74) is -0.288. The Bertz CT molecular complexity index is 754. The lowest BCUT2D eigenvalue weighted by Gasteiger charge is -2.10. The van der Waals surface area contributed by atoms with Crippen molar-refractivity contribution in [1.82, 2.24) is 9.97 Å². The molecule has 22 heavy (non-hydrogen) atoms. The molecule has 0 aliphatic carbocycles. The summed E-state index contributed by atoms with van der Waals surface area (Å²) in [4.78, 5) is 29.9. The first-order valence-electron chi connectivity index (χ1n) is 5.73. The number of nitro benzene ring substituents is 1. The lowest BCUT2D eigenvalue weighted by molar-refractivity contribution is -0.384. The Morgan fingerprint density at radius 2 is 2.09 bits per heavy atom. The van der Waals surface area contributed by atoms with Crippen LogP contribution in [0.15, 0.2) is 24.5 Å². The number of benzene rings is 1. The second kappa shape index (κ2) is 6.54. The summed E-state index contributed by atoms with van der Waals surface area (Å²) >= 11 is 11.6. The predicted octanol–water partition coefficient (Wildman–Crippen LogP) is 2.95. The van der Waals surface area contributed by atoms with E-state index in [9.17, 15) is 14.9 Å². The molecule has 8 nitrogen and oxygen atoms in total. The van der Waals surface area contributed by atoms with Gasteiger partial charge in [-0.25, -0.2) is 4.98 Å². The molecule has 1 N–H and O–H groups in total. The van der Waals surface area contributed by atoms with Crippen molar-refractivity contribution in [2.45, 2.75) is 0 Å². The van der Waals surface area contributed by atoms with Gasteiger partial charge in [0, 0.05) is 11.6 Å². The summed E-state index contributed by atoms with van der Waals surface area (Å²) in [5, 5.41) is 13.2. The SMILES string of the molecule is COc1ncnc(Cl)c1NC(=O)c1ccc(Cl)c([N+](=O)[O-])c1.